The molecule has 108 valence electrons. The van der Waals surface area contributed by atoms with E-state index in [1.165, 1.54) is 19.4 Å². The van der Waals surface area contributed by atoms with Crippen molar-refractivity contribution in [2.24, 2.45) is 5.41 Å². The second-order valence-electron chi connectivity index (χ2n) is 6.20. The lowest BCUT2D eigenvalue weighted by atomic mass is 9.84. The molecule has 20 heavy (non-hydrogen) atoms. The van der Waals surface area contributed by atoms with Crippen LogP contribution in [0, 0.1) is 15.5 Å². The number of piperidine rings is 1. The number of ketones is 1. The fourth-order valence-electron chi connectivity index (χ4n) is 2.81. The predicted octanol–water partition coefficient (Wildman–Crippen LogP) is 3.42. The van der Waals surface area contributed by atoms with Gasteiger partial charge in [-0.25, -0.2) is 0 Å². The van der Waals surface area contributed by atoms with E-state index < -0.39 is 4.92 Å². The third-order valence-electron chi connectivity index (χ3n) is 3.82. The van der Waals surface area contributed by atoms with Crippen LogP contribution < -0.4 is 4.90 Å². The van der Waals surface area contributed by atoms with Crippen molar-refractivity contribution in [1.29, 1.82) is 0 Å². The van der Waals surface area contributed by atoms with Crippen molar-refractivity contribution in [3.05, 3.63) is 33.9 Å². The minimum atomic E-state index is -0.499. The fraction of sp³-hybridized carbons (Fsp3) is 0.533. The smallest absolute Gasteiger partial charge is 0.280 e. The number of nitrogens with zero attached hydrogens (tertiary/aromatic N) is 2. The summed E-state index contributed by atoms with van der Waals surface area (Å²) >= 11 is 0. The average Bonchev–Trinajstić information content (AvgIpc) is 2.36. The standard InChI is InChI=1S/C15H20N2O3/c1-11(18)13-9-12(5-6-14(13)17(19)20)16-8-4-7-15(2,3)10-16/h5-6,9H,4,7-8,10H2,1-3H3. The summed E-state index contributed by atoms with van der Waals surface area (Å²) in [6.45, 7) is 7.64. The first kappa shape index (κ1) is 14.5. The summed E-state index contributed by atoms with van der Waals surface area (Å²) in [7, 11) is 0. The molecule has 0 amide bonds. The normalized spacial score (nSPS) is 17.9. The summed E-state index contributed by atoms with van der Waals surface area (Å²) in [5.74, 6) is -0.269. The third-order valence-corrected chi connectivity index (χ3v) is 3.82. The minimum Gasteiger partial charge on any atom is -0.371 e. The Morgan fingerprint density at radius 3 is 2.65 bits per heavy atom. The topological polar surface area (TPSA) is 63.5 Å². The summed E-state index contributed by atoms with van der Waals surface area (Å²) in [5.41, 5.74) is 1.21. The molecule has 1 aromatic carbocycles. The highest BCUT2D eigenvalue weighted by molar-refractivity contribution is 5.99. The largest absolute Gasteiger partial charge is 0.371 e. The van der Waals surface area contributed by atoms with Crippen molar-refractivity contribution in [1.82, 2.24) is 0 Å². The van der Waals surface area contributed by atoms with Gasteiger partial charge in [-0.05, 0) is 37.3 Å². The van der Waals surface area contributed by atoms with Crippen LogP contribution in [-0.4, -0.2) is 23.8 Å². The van der Waals surface area contributed by atoms with Gasteiger partial charge in [-0.3, -0.25) is 14.9 Å². The summed E-state index contributed by atoms with van der Waals surface area (Å²) < 4.78 is 0. The Labute approximate surface area is 118 Å². The van der Waals surface area contributed by atoms with Crippen LogP contribution in [0.4, 0.5) is 11.4 Å². The Morgan fingerprint density at radius 1 is 1.40 bits per heavy atom. The maximum absolute atomic E-state index is 11.6. The Balaban J connectivity index is 2.36. The van der Waals surface area contributed by atoms with E-state index in [4.69, 9.17) is 0 Å². The van der Waals surface area contributed by atoms with E-state index in [0.29, 0.717) is 0 Å². The second-order valence-corrected chi connectivity index (χ2v) is 6.20. The van der Waals surface area contributed by atoms with E-state index in [-0.39, 0.29) is 22.4 Å². The van der Waals surface area contributed by atoms with Gasteiger partial charge in [-0.1, -0.05) is 13.8 Å². The number of rotatable bonds is 3. The van der Waals surface area contributed by atoms with Gasteiger partial charge >= 0.3 is 0 Å². The lowest BCUT2D eigenvalue weighted by molar-refractivity contribution is -0.385. The van der Waals surface area contributed by atoms with Crippen LogP contribution in [0.2, 0.25) is 0 Å². The van der Waals surface area contributed by atoms with Crippen molar-refractivity contribution in [3.63, 3.8) is 0 Å². The maximum Gasteiger partial charge on any atom is 0.280 e. The molecule has 2 rings (SSSR count). The van der Waals surface area contributed by atoms with Crippen LogP contribution in [0.1, 0.15) is 44.0 Å². The van der Waals surface area contributed by atoms with E-state index in [0.717, 1.165) is 25.2 Å². The van der Waals surface area contributed by atoms with Gasteiger partial charge in [-0.2, -0.15) is 0 Å². The van der Waals surface area contributed by atoms with Gasteiger partial charge in [0.2, 0.25) is 0 Å². The van der Waals surface area contributed by atoms with Crippen molar-refractivity contribution < 1.29 is 9.72 Å². The van der Waals surface area contributed by atoms with Gasteiger partial charge in [0.25, 0.3) is 5.69 Å². The lowest BCUT2D eigenvalue weighted by Gasteiger charge is -2.39. The molecule has 1 heterocycles. The first-order chi connectivity index (χ1) is 9.30. The SMILES string of the molecule is CC(=O)c1cc(N2CCCC(C)(C)C2)ccc1[N+](=O)[O-]. The second kappa shape index (κ2) is 5.23. The van der Waals surface area contributed by atoms with Crippen LogP contribution >= 0.6 is 0 Å². The third kappa shape index (κ3) is 2.98. The molecular weight excluding hydrogens is 256 g/mol. The van der Waals surface area contributed by atoms with Crippen molar-refractivity contribution in [3.8, 4) is 0 Å². The number of carbonyl (C=O) groups is 1. The van der Waals surface area contributed by atoms with Crippen molar-refractivity contribution in [2.75, 3.05) is 18.0 Å². The van der Waals surface area contributed by atoms with Gasteiger partial charge in [0.05, 0.1) is 10.5 Å². The number of anilines is 1. The van der Waals surface area contributed by atoms with Crippen LogP contribution in [0.25, 0.3) is 0 Å². The van der Waals surface area contributed by atoms with E-state index in [1.807, 2.05) is 0 Å². The van der Waals surface area contributed by atoms with Gasteiger partial charge in [0.1, 0.15) is 0 Å². The molecule has 0 unspecified atom stereocenters. The monoisotopic (exact) mass is 276 g/mol. The highest BCUT2D eigenvalue weighted by atomic mass is 16.6. The molecular formula is C15H20N2O3. The molecule has 0 aromatic heterocycles. The first-order valence-corrected chi connectivity index (χ1v) is 6.84. The molecule has 1 aliphatic rings. The number of Topliss-reactive ketones (excluding diaryl/α,β-unsaturated/α-hetero) is 1. The number of hydrogen-bond acceptors (Lipinski definition) is 4. The van der Waals surface area contributed by atoms with E-state index >= 15 is 0 Å². The van der Waals surface area contributed by atoms with E-state index in [2.05, 4.69) is 18.7 Å². The molecule has 1 aliphatic heterocycles. The van der Waals surface area contributed by atoms with E-state index in [9.17, 15) is 14.9 Å². The first-order valence-electron chi connectivity index (χ1n) is 6.84. The maximum atomic E-state index is 11.6. The molecule has 0 aliphatic carbocycles. The Kier molecular flexibility index (Phi) is 3.79. The van der Waals surface area contributed by atoms with Crippen LogP contribution in [0.15, 0.2) is 18.2 Å². The fourth-order valence-corrected chi connectivity index (χ4v) is 2.81. The molecule has 0 saturated carbocycles. The Bertz CT molecular complexity index is 552. The van der Waals surface area contributed by atoms with E-state index in [1.54, 1.807) is 12.1 Å². The highest BCUT2D eigenvalue weighted by Crippen LogP contribution is 2.33. The lowest BCUT2D eigenvalue weighted by Crippen LogP contribution is -2.40. The van der Waals surface area contributed by atoms with Crippen LogP contribution in [0.3, 0.4) is 0 Å². The molecule has 0 N–H and O–H groups in total. The van der Waals surface area contributed by atoms with Gasteiger partial charge in [0.15, 0.2) is 5.78 Å². The van der Waals surface area contributed by atoms with Crippen molar-refractivity contribution >= 4 is 17.2 Å². The summed E-state index contributed by atoms with van der Waals surface area (Å²) in [5, 5.41) is 11.0. The predicted molar refractivity (Wildman–Crippen MR) is 78.3 cm³/mol. The van der Waals surface area contributed by atoms with Crippen LogP contribution in [-0.2, 0) is 0 Å². The average molecular weight is 276 g/mol. The zero-order valence-corrected chi connectivity index (χ0v) is 12.2. The molecule has 0 atom stereocenters. The molecule has 5 nitrogen and oxygen atoms in total. The summed E-state index contributed by atoms with van der Waals surface area (Å²) in [6, 6.07) is 4.83. The van der Waals surface area contributed by atoms with Gasteiger partial charge < -0.3 is 4.90 Å². The summed E-state index contributed by atoms with van der Waals surface area (Å²) in [4.78, 5) is 24.3. The molecule has 0 spiro atoms. The molecule has 0 bridgehead atoms. The number of carbonyl (C=O) groups excluding carboxylic acids is 1. The van der Waals surface area contributed by atoms with Crippen molar-refractivity contribution in [2.45, 2.75) is 33.6 Å². The highest BCUT2D eigenvalue weighted by Gasteiger charge is 2.27. The van der Waals surface area contributed by atoms with Gasteiger partial charge in [-0.15, -0.1) is 0 Å². The number of nitro benzene ring substituents is 1. The number of nitro groups is 1. The number of benzene rings is 1. The Hall–Kier alpha value is -1.91. The Morgan fingerprint density at radius 2 is 2.10 bits per heavy atom. The molecule has 1 aromatic rings. The number of hydrogen-bond donors (Lipinski definition) is 0. The molecule has 0 radical (unpaired) electrons. The molecule has 5 heteroatoms. The summed E-state index contributed by atoms with van der Waals surface area (Å²) in [6.07, 6.45) is 2.27. The minimum absolute atomic E-state index is 0.113. The zero-order valence-electron chi connectivity index (χ0n) is 12.2. The van der Waals surface area contributed by atoms with Crippen LogP contribution in [0.5, 0.6) is 0 Å². The molecule has 1 fully saturated rings. The zero-order chi connectivity index (χ0) is 14.9. The molecule has 1 saturated heterocycles. The van der Waals surface area contributed by atoms with Gasteiger partial charge in [0, 0.05) is 24.8 Å². The quantitative estimate of drug-likeness (QED) is 0.482.